The molecule has 1 saturated carbocycles. The van der Waals surface area contributed by atoms with Gasteiger partial charge in [0.25, 0.3) is 0 Å². The van der Waals surface area contributed by atoms with Crippen molar-refractivity contribution < 1.29 is 4.74 Å². The average Bonchev–Trinajstić information content (AvgIpc) is 2.84. The van der Waals surface area contributed by atoms with Crippen LogP contribution in [0, 0.1) is 5.92 Å². The maximum Gasteiger partial charge on any atom is 0.0702 e. The number of ether oxygens (including phenoxy) is 1. The molecule has 0 aromatic heterocycles. The van der Waals surface area contributed by atoms with Crippen LogP contribution in [-0.4, -0.2) is 42.8 Å². The zero-order chi connectivity index (χ0) is 13.0. The van der Waals surface area contributed by atoms with Crippen LogP contribution in [0.1, 0.15) is 52.4 Å². The summed E-state index contributed by atoms with van der Waals surface area (Å²) in [6.45, 7) is 8.39. The van der Waals surface area contributed by atoms with Crippen molar-refractivity contribution in [3.05, 3.63) is 0 Å². The summed E-state index contributed by atoms with van der Waals surface area (Å²) in [6.07, 6.45) is 8.20. The average molecular weight is 254 g/mol. The van der Waals surface area contributed by atoms with E-state index in [-0.39, 0.29) is 5.54 Å². The second-order valence-corrected chi connectivity index (χ2v) is 6.11. The maximum atomic E-state index is 6.15. The predicted octanol–water partition coefficient (Wildman–Crippen LogP) is 2.39. The lowest BCUT2D eigenvalue weighted by Gasteiger charge is -2.45. The van der Waals surface area contributed by atoms with E-state index < -0.39 is 0 Å². The number of piperidine rings is 1. The molecule has 2 N–H and O–H groups in total. The lowest BCUT2D eigenvalue weighted by Crippen LogP contribution is -2.57. The van der Waals surface area contributed by atoms with Crippen LogP contribution in [0.4, 0.5) is 0 Å². The first-order valence-electron chi connectivity index (χ1n) is 7.80. The highest BCUT2D eigenvalue weighted by atomic mass is 16.5. The van der Waals surface area contributed by atoms with Gasteiger partial charge in [0.1, 0.15) is 0 Å². The molecule has 1 aliphatic carbocycles. The minimum absolute atomic E-state index is 0.288. The summed E-state index contributed by atoms with van der Waals surface area (Å²) < 4.78 is 5.83. The first-order chi connectivity index (χ1) is 8.74. The molecular weight excluding hydrogens is 224 g/mol. The monoisotopic (exact) mass is 254 g/mol. The Hall–Kier alpha value is -0.120. The quantitative estimate of drug-likeness (QED) is 0.819. The molecule has 18 heavy (non-hydrogen) atoms. The van der Waals surface area contributed by atoms with Gasteiger partial charge >= 0.3 is 0 Å². The van der Waals surface area contributed by atoms with Crippen molar-refractivity contribution in [3.8, 4) is 0 Å². The molecule has 106 valence electrons. The van der Waals surface area contributed by atoms with Crippen molar-refractivity contribution in [2.75, 3.05) is 26.2 Å². The Morgan fingerprint density at radius 2 is 2.17 bits per heavy atom. The molecule has 1 heterocycles. The van der Waals surface area contributed by atoms with Gasteiger partial charge < -0.3 is 10.5 Å². The molecule has 1 saturated heterocycles. The lowest BCUT2D eigenvalue weighted by molar-refractivity contribution is -0.0322. The zero-order valence-corrected chi connectivity index (χ0v) is 12.2. The van der Waals surface area contributed by atoms with E-state index in [1.165, 1.54) is 45.1 Å². The molecule has 3 atom stereocenters. The molecule has 3 nitrogen and oxygen atoms in total. The van der Waals surface area contributed by atoms with Crippen molar-refractivity contribution in [3.63, 3.8) is 0 Å². The summed E-state index contributed by atoms with van der Waals surface area (Å²) in [6, 6.07) is 0. The highest BCUT2D eigenvalue weighted by molar-refractivity contribution is 5.00. The van der Waals surface area contributed by atoms with Crippen molar-refractivity contribution in [1.82, 2.24) is 4.90 Å². The topological polar surface area (TPSA) is 38.5 Å². The second-order valence-electron chi connectivity index (χ2n) is 6.11. The first kappa shape index (κ1) is 14.3. The van der Waals surface area contributed by atoms with Crippen LogP contribution in [0.5, 0.6) is 0 Å². The molecule has 0 aromatic rings. The second kappa shape index (κ2) is 6.36. The smallest absolute Gasteiger partial charge is 0.0702 e. The molecule has 0 spiro atoms. The Kier molecular flexibility index (Phi) is 5.05. The van der Waals surface area contributed by atoms with Gasteiger partial charge in [0.15, 0.2) is 0 Å². The third kappa shape index (κ3) is 2.89. The summed E-state index contributed by atoms with van der Waals surface area (Å²) in [5.74, 6) is 0.890. The molecule has 0 bridgehead atoms. The minimum atomic E-state index is 0.288. The van der Waals surface area contributed by atoms with Crippen LogP contribution >= 0.6 is 0 Å². The number of likely N-dealkylation sites (tertiary alicyclic amines) is 1. The third-order valence-electron chi connectivity index (χ3n) is 5.10. The van der Waals surface area contributed by atoms with E-state index >= 15 is 0 Å². The summed E-state index contributed by atoms with van der Waals surface area (Å²) in [4.78, 5) is 2.66. The summed E-state index contributed by atoms with van der Waals surface area (Å²) in [7, 11) is 0. The van der Waals surface area contributed by atoms with Crippen LogP contribution in [0.3, 0.4) is 0 Å². The normalized spacial score (nSPS) is 38.2. The van der Waals surface area contributed by atoms with Gasteiger partial charge in [-0.2, -0.15) is 0 Å². The van der Waals surface area contributed by atoms with Gasteiger partial charge in [-0.05, 0) is 51.5 Å². The van der Waals surface area contributed by atoms with E-state index in [4.69, 9.17) is 10.5 Å². The van der Waals surface area contributed by atoms with Gasteiger partial charge in [-0.1, -0.05) is 13.3 Å². The Morgan fingerprint density at radius 3 is 2.78 bits per heavy atom. The van der Waals surface area contributed by atoms with Gasteiger partial charge in [-0.3, -0.25) is 4.90 Å². The fraction of sp³-hybridized carbons (Fsp3) is 1.00. The largest absolute Gasteiger partial charge is 0.377 e. The van der Waals surface area contributed by atoms with E-state index in [0.717, 1.165) is 25.6 Å². The van der Waals surface area contributed by atoms with Gasteiger partial charge in [-0.15, -0.1) is 0 Å². The summed E-state index contributed by atoms with van der Waals surface area (Å²) >= 11 is 0. The molecular formula is C15H30N2O. The van der Waals surface area contributed by atoms with Crippen molar-refractivity contribution >= 4 is 0 Å². The van der Waals surface area contributed by atoms with Crippen molar-refractivity contribution in [1.29, 1.82) is 0 Å². The number of nitrogens with two attached hydrogens (primary N) is 1. The number of hydrogen-bond donors (Lipinski definition) is 1. The van der Waals surface area contributed by atoms with Crippen LogP contribution in [0.15, 0.2) is 0 Å². The predicted molar refractivity (Wildman–Crippen MR) is 75.6 cm³/mol. The third-order valence-corrected chi connectivity index (χ3v) is 5.10. The fourth-order valence-corrected chi connectivity index (χ4v) is 3.91. The zero-order valence-electron chi connectivity index (χ0n) is 12.2. The Bertz CT molecular complexity index is 257. The van der Waals surface area contributed by atoms with Gasteiger partial charge in [0.2, 0.25) is 0 Å². The van der Waals surface area contributed by atoms with Crippen LogP contribution in [0.2, 0.25) is 0 Å². The molecule has 0 amide bonds. The molecule has 2 rings (SSSR count). The van der Waals surface area contributed by atoms with Gasteiger partial charge in [-0.25, -0.2) is 0 Å². The number of hydrogen-bond acceptors (Lipinski definition) is 3. The molecule has 2 aliphatic rings. The Balaban J connectivity index is 1.99. The minimum Gasteiger partial charge on any atom is -0.377 e. The molecule has 1 aliphatic heterocycles. The summed E-state index contributed by atoms with van der Waals surface area (Å²) in [5, 5.41) is 0. The van der Waals surface area contributed by atoms with Crippen molar-refractivity contribution in [2.24, 2.45) is 11.7 Å². The van der Waals surface area contributed by atoms with Crippen LogP contribution in [0.25, 0.3) is 0 Å². The van der Waals surface area contributed by atoms with E-state index in [1.54, 1.807) is 0 Å². The standard InChI is InChI=1S/C15H30N2O/c1-3-13-7-8-15(10-13,12-16)17-9-5-6-14(11-17)18-4-2/h13-14H,3-12,16H2,1-2H3. The highest BCUT2D eigenvalue weighted by Crippen LogP contribution is 2.41. The Morgan fingerprint density at radius 1 is 1.33 bits per heavy atom. The SMILES string of the molecule is CCOC1CCCN(C2(CN)CCC(CC)C2)C1. The van der Waals surface area contributed by atoms with Crippen LogP contribution < -0.4 is 5.73 Å². The van der Waals surface area contributed by atoms with Crippen molar-refractivity contribution in [2.45, 2.75) is 64.0 Å². The lowest BCUT2D eigenvalue weighted by atomic mass is 9.90. The van der Waals surface area contributed by atoms with Gasteiger partial charge in [0, 0.05) is 25.2 Å². The molecule has 0 aromatic carbocycles. The van der Waals surface area contributed by atoms with Gasteiger partial charge in [0.05, 0.1) is 6.10 Å². The first-order valence-corrected chi connectivity index (χ1v) is 7.80. The molecule has 0 radical (unpaired) electrons. The number of rotatable bonds is 5. The highest BCUT2D eigenvalue weighted by Gasteiger charge is 2.43. The van der Waals surface area contributed by atoms with E-state index in [2.05, 4.69) is 18.7 Å². The Labute approximate surface area is 112 Å². The fourth-order valence-electron chi connectivity index (χ4n) is 3.91. The van der Waals surface area contributed by atoms with E-state index in [9.17, 15) is 0 Å². The van der Waals surface area contributed by atoms with E-state index in [0.29, 0.717) is 6.10 Å². The summed E-state index contributed by atoms with van der Waals surface area (Å²) in [5.41, 5.74) is 6.44. The molecule has 3 heteroatoms. The van der Waals surface area contributed by atoms with E-state index in [1.807, 2.05) is 0 Å². The maximum absolute atomic E-state index is 6.15. The van der Waals surface area contributed by atoms with Crippen LogP contribution in [-0.2, 0) is 4.74 Å². The molecule has 3 unspecified atom stereocenters. The number of nitrogens with zero attached hydrogens (tertiary/aromatic N) is 1. The molecule has 2 fully saturated rings.